The maximum absolute atomic E-state index is 11.2. The molecule has 0 spiro atoms. The Morgan fingerprint density at radius 2 is 2.17 bits per heavy atom. The Kier molecular flexibility index (Phi) is 2.28. The lowest BCUT2D eigenvalue weighted by Gasteiger charge is -2.29. The van der Waals surface area contributed by atoms with Gasteiger partial charge in [0.25, 0.3) is 0 Å². The Bertz CT molecular complexity index is 178. The van der Waals surface area contributed by atoms with E-state index in [9.17, 15) is 4.79 Å². The first-order chi connectivity index (χ1) is 5.88. The zero-order chi connectivity index (χ0) is 8.39. The van der Waals surface area contributed by atoms with Crippen LogP contribution in [0.3, 0.4) is 0 Å². The summed E-state index contributed by atoms with van der Waals surface area (Å²) in [5.74, 6) is -0.0445. The van der Waals surface area contributed by atoms with Crippen molar-refractivity contribution in [2.75, 3.05) is 32.8 Å². The van der Waals surface area contributed by atoms with E-state index in [0.717, 1.165) is 32.6 Å². The van der Waals surface area contributed by atoms with E-state index in [1.165, 1.54) is 0 Å². The Morgan fingerprint density at radius 1 is 1.42 bits per heavy atom. The third kappa shape index (κ3) is 1.44. The van der Waals surface area contributed by atoms with Gasteiger partial charge in [-0.05, 0) is 0 Å². The Hall–Kier alpha value is -0.610. The molecule has 0 aliphatic carbocycles. The van der Waals surface area contributed by atoms with E-state index >= 15 is 0 Å². The van der Waals surface area contributed by atoms with Crippen molar-refractivity contribution in [1.29, 1.82) is 0 Å². The molecule has 0 N–H and O–H groups in total. The third-order valence-electron chi connectivity index (χ3n) is 2.44. The van der Waals surface area contributed by atoms with Gasteiger partial charge in [-0.3, -0.25) is 9.69 Å². The molecule has 0 amide bonds. The minimum atomic E-state index is -0.0445. The SMILES string of the molecule is O=C1OCCC1N1CC[N]CC1. The molecule has 1 radical (unpaired) electrons. The van der Waals surface area contributed by atoms with Gasteiger partial charge in [0.2, 0.25) is 0 Å². The monoisotopic (exact) mass is 169 g/mol. The summed E-state index contributed by atoms with van der Waals surface area (Å²) >= 11 is 0. The van der Waals surface area contributed by atoms with Crippen LogP contribution in [0.1, 0.15) is 6.42 Å². The van der Waals surface area contributed by atoms with Gasteiger partial charge < -0.3 is 4.74 Å². The van der Waals surface area contributed by atoms with Crippen LogP contribution in [0.25, 0.3) is 0 Å². The number of cyclic esters (lactones) is 1. The molecule has 2 aliphatic rings. The van der Waals surface area contributed by atoms with Gasteiger partial charge in [-0.15, -0.1) is 0 Å². The molecule has 4 nitrogen and oxygen atoms in total. The second-order valence-corrected chi connectivity index (χ2v) is 3.18. The Labute approximate surface area is 71.9 Å². The van der Waals surface area contributed by atoms with Crippen LogP contribution >= 0.6 is 0 Å². The smallest absolute Gasteiger partial charge is 0.323 e. The molecule has 0 aromatic rings. The highest BCUT2D eigenvalue weighted by Crippen LogP contribution is 2.14. The maximum atomic E-state index is 11.2. The van der Waals surface area contributed by atoms with Crippen LogP contribution in [0.15, 0.2) is 0 Å². The lowest BCUT2D eigenvalue weighted by atomic mass is 10.2. The number of nitrogens with zero attached hydrogens (tertiary/aromatic N) is 2. The highest BCUT2D eigenvalue weighted by molar-refractivity contribution is 5.77. The average molecular weight is 169 g/mol. The van der Waals surface area contributed by atoms with Gasteiger partial charge in [-0.2, -0.15) is 0 Å². The van der Waals surface area contributed by atoms with Crippen LogP contribution in [-0.4, -0.2) is 49.7 Å². The summed E-state index contributed by atoms with van der Waals surface area (Å²) < 4.78 is 4.91. The summed E-state index contributed by atoms with van der Waals surface area (Å²) in [6, 6.07) is 0.0282. The zero-order valence-electron chi connectivity index (χ0n) is 7.03. The van der Waals surface area contributed by atoms with E-state index in [0.29, 0.717) is 6.61 Å². The van der Waals surface area contributed by atoms with Crippen molar-refractivity contribution in [2.24, 2.45) is 0 Å². The number of piperazine rings is 1. The van der Waals surface area contributed by atoms with E-state index in [-0.39, 0.29) is 12.0 Å². The second kappa shape index (κ2) is 3.41. The highest BCUT2D eigenvalue weighted by Gasteiger charge is 2.32. The molecule has 2 aliphatic heterocycles. The first kappa shape index (κ1) is 8.01. The largest absolute Gasteiger partial charge is 0.464 e. The van der Waals surface area contributed by atoms with Crippen molar-refractivity contribution >= 4 is 5.97 Å². The molecule has 0 bridgehead atoms. The molecular formula is C8H13N2O2. The summed E-state index contributed by atoms with van der Waals surface area (Å²) in [6.45, 7) is 4.16. The Morgan fingerprint density at radius 3 is 2.75 bits per heavy atom. The number of carbonyl (C=O) groups is 1. The first-order valence-corrected chi connectivity index (χ1v) is 4.42. The van der Waals surface area contributed by atoms with Crippen molar-refractivity contribution in [3.8, 4) is 0 Å². The summed E-state index contributed by atoms with van der Waals surface area (Å²) in [5.41, 5.74) is 0. The molecule has 1 unspecified atom stereocenters. The minimum absolute atomic E-state index is 0.0282. The summed E-state index contributed by atoms with van der Waals surface area (Å²) in [4.78, 5) is 13.4. The lowest BCUT2D eigenvalue weighted by Crippen LogP contribution is -2.47. The van der Waals surface area contributed by atoms with Gasteiger partial charge >= 0.3 is 5.97 Å². The van der Waals surface area contributed by atoms with Gasteiger partial charge in [0.1, 0.15) is 6.04 Å². The number of hydrogen-bond acceptors (Lipinski definition) is 3. The maximum Gasteiger partial charge on any atom is 0.323 e. The second-order valence-electron chi connectivity index (χ2n) is 3.18. The van der Waals surface area contributed by atoms with Crippen LogP contribution in [-0.2, 0) is 9.53 Å². The van der Waals surface area contributed by atoms with Gasteiger partial charge in [-0.25, -0.2) is 5.32 Å². The molecular weight excluding hydrogens is 156 g/mol. The first-order valence-electron chi connectivity index (χ1n) is 4.42. The van der Waals surface area contributed by atoms with E-state index in [1.807, 2.05) is 0 Å². The summed E-state index contributed by atoms with van der Waals surface area (Å²) in [5, 5.41) is 4.23. The molecule has 67 valence electrons. The quantitative estimate of drug-likeness (QED) is 0.484. The molecule has 0 aromatic heterocycles. The van der Waals surface area contributed by atoms with Crippen LogP contribution in [0, 0.1) is 0 Å². The van der Waals surface area contributed by atoms with Crippen molar-refractivity contribution in [2.45, 2.75) is 12.5 Å². The van der Waals surface area contributed by atoms with Crippen molar-refractivity contribution in [3.05, 3.63) is 0 Å². The van der Waals surface area contributed by atoms with Crippen LogP contribution < -0.4 is 5.32 Å². The fraction of sp³-hybridized carbons (Fsp3) is 0.875. The van der Waals surface area contributed by atoms with Gasteiger partial charge in [0, 0.05) is 32.6 Å². The van der Waals surface area contributed by atoms with Crippen LogP contribution in [0.2, 0.25) is 0 Å². The zero-order valence-corrected chi connectivity index (χ0v) is 7.03. The minimum Gasteiger partial charge on any atom is -0.464 e. The standard InChI is InChI=1S/C8H13N2O2/c11-8-7(1-6-12-8)10-4-2-9-3-5-10/h7H,1-6H2. The van der Waals surface area contributed by atoms with Crippen molar-refractivity contribution < 1.29 is 9.53 Å². The molecule has 0 saturated carbocycles. The fourth-order valence-electron chi connectivity index (χ4n) is 1.75. The number of ether oxygens (including phenoxy) is 1. The molecule has 2 saturated heterocycles. The van der Waals surface area contributed by atoms with Gasteiger partial charge in [0.15, 0.2) is 0 Å². The number of hydrogen-bond donors (Lipinski definition) is 0. The van der Waals surface area contributed by atoms with Crippen LogP contribution in [0.4, 0.5) is 0 Å². The van der Waals surface area contributed by atoms with Crippen molar-refractivity contribution in [1.82, 2.24) is 10.2 Å². The van der Waals surface area contributed by atoms with Gasteiger partial charge in [0.05, 0.1) is 6.61 Å². The molecule has 2 heterocycles. The molecule has 0 aromatic carbocycles. The molecule has 4 heteroatoms. The van der Waals surface area contributed by atoms with Crippen molar-refractivity contribution in [3.63, 3.8) is 0 Å². The predicted octanol–water partition coefficient (Wildman–Crippen LogP) is -0.778. The normalized spacial score (nSPS) is 32.0. The molecule has 12 heavy (non-hydrogen) atoms. The Balaban J connectivity index is 1.93. The molecule has 1 atom stereocenters. The average Bonchev–Trinajstić information content (AvgIpc) is 2.53. The van der Waals surface area contributed by atoms with Gasteiger partial charge in [-0.1, -0.05) is 0 Å². The molecule has 2 fully saturated rings. The number of esters is 1. The van der Waals surface area contributed by atoms with E-state index in [1.54, 1.807) is 0 Å². The van der Waals surface area contributed by atoms with E-state index < -0.39 is 0 Å². The fourth-order valence-corrected chi connectivity index (χ4v) is 1.75. The van der Waals surface area contributed by atoms with E-state index in [4.69, 9.17) is 4.74 Å². The summed E-state index contributed by atoms with van der Waals surface area (Å²) in [7, 11) is 0. The lowest BCUT2D eigenvalue weighted by molar-refractivity contribution is -0.142. The number of rotatable bonds is 1. The summed E-state index contributed by atoms with van der Waals surface area (Å²) in [6.07, 6.45) is 0.860. The highest BCUT2D eigenvalue weighted by atomic mass is 16.5. The van der Waals surface area contributed by atoms with Crippen LogP contribution in [0.5, 0.6) is 0 Å². The third-order valence-corrected chi connectivity index (χ3v) is 2.44. The molecule has 2 rings (SSSR count). The topological polar surface area (TPSA) is 43.6 Å². The number of carbonyl (C=O) groups excluding carboxylic acids is 1. The predicted molar refractivity (Wildman–Crippen MR) is 42.8 cm³/mol. The van der Waals surface area contributed by atoms with E-state index in [2.05, 4.69) is 10.2 Å².